The van der Waals surface area contributed by atoms with Crippen LogP contribution in [0.25, 0.3) is 22.2 Å². The Balaban J connectivity index is 1.44. The highest BCUT2D eigenvalue weighted by Crippen LogP contribution is 2.27. The highest BCUT2D eigenvalue weighted by atomic mass is 16.5. The summed E-state index contributed by atoms with van der Waals surface area (Å²) in [5.41, 5.74) is 2.23. The smallest absolute Gasteiger partial charge is 0.384 e. The van der Waals surface area contributed by atoms with Gasteiger partial charge in [0.1, 0.15) is 5.82 Å². The fraction of sp³-hybridized carbons (Fsp3) is 0.240. The zero-order valence-electron chi connectivity index (χ0n) is 18.5. The van der Waals surface area contributed by atoms with E-state index < -0.39 is 5.69 Å². The van der Waals surface area contributed by atoms with E-state index in [9.17, 15) is 14.8 Å². The summed E-state index contributed by atoms with van der Waals surface area (Å²) in [6.45, 7) is 1.57. The van der Waals surface area contributed by atoms with Crippen LogP contribution in [-0.4, -0.2) is 48.8 Å². The second kappa shape index (κ2) is 9.30. The van der Waals surface area contributed by atoms with Crippen molar-refractivity contribution >= 4 is 28.4 Å². The average molecular weight is 457 g/mol. The van der Waals surface area contributed by atoms with Crippen molar-refractivity contribution in [3.05, 3.63) is 77.1 Å². The summed E-state index contributed by atoms with van der Waals surface area (Å²) in [4.78, 5) is 39.3. The lowest BCUT2D eigenvalue weighted by molar-refractivity contribution is 0.0761. The van der Waals surface area contributed by atoms with Crippen molar-refractivity contribution in [1.82, 2.24) is 24.6 Å². The lowest BCUT2D eigenvalue weighted by Crippen LogP contribution is -2.31. The van der Waals surface area contributed by atoms with Gasteiger partial charge in [-0.15, -0.1) is 4.73 Å². The number of carbonyl (C=O) groups excluding carboxylic acids is 1. The molecule has 0 radical (unpaired) electrons. The molecule has 1 fully saturated rings. The molecule has 9 nitrogen and oxygen atoms in total. The molecule has 0 aliphatic carbocycles. The topological polar surface area (TPSA) is 113 Å². The minimum absolute atomic E-state index is 0.0123. The van der Waals surface area contributed by atoms with Crippen molar-refractivity contribution in [1.29, 1.82) is 0 Å². The normalized spacial score (nSPS) is 14.1. The predicted octanol–water partition coefficient (Wildman–Crippen LogP) is 3.85. The molecule has 1 aromatic carbocycles. The number of hydrogen-bond donors (Lipinski definition) is 2. The highest BCUT2D eigenvalue weighted by Gasteiger charge is 2.18. The van der Waals surface area contributed by atoms with Gasteiger partial charge in [-0.25, -0.2) is 9.78 Å². The van der Waals surface area contributed by atoms with E-state index in [0.29, 0.717) is 27.2 Å². The van der Waals surface area contributed by atoms with E-state index >= 15 is 0 Å². The van der Waals surface area contributed by atoms with Gasteiger partial charge in [0, 0.05) is 42.9 Å². The molecule has 1 amide bonds. The number of aromatic nitrogens is 4. The molecule has 0 bridgehead atoms. The molecule has 4 heterocycles. The summed E-state index contributed by atoms with van der Waals surface area (Å²) in [7, 11) is 0. The van der Waals surface area contributed by atoms with Gasteiger partial charge in [0.2, 0.25) is 0 Å². The number of fused-ring (bicyclic) bond motifs is 1. The Labute approximate surface area is 195 Å². The number of benzene rings is 1. The third kappa shape index (κ3) is 4.32. The number of nitrogens with one attached hydrogen (secondary N) is 1. The van der Waals surface area contributed by atoms with Gasteiger partial charge >= 0.3 is 5.69 Å². The van der Waals surface area contributed by atoms with Crippen LogP contribution < -0.4 is 11.0 Å². The lowest BCUT2D eigenvalue weighted by atomic mass is 10.0. The second-order valence-corrected chi connectivity index (χ2v) is 8.30. The minimum atomic E-state index is -0.825. The maximum Gasteiger partial charge on any atom is 0.384 e. The van der Waals surface area contributed by atoms with Crippen LogP contribution in [0.5, 0.6) is 0 Å². The molecule has 4 aromatic rings. The Morgan fingerprint density at radius 3 is 2.62 bits per heavy atom. The Hall–Kier alpha value is -4.27. The third-order valence-corrected chi connectivity index (χ3v) is 5.97. The number of pyridine rings is 2. The van der Waals surface area contributed by atoms with Gasteiger partial charge < -0.3 is 15.4 Å². The van der Waals surface area contributed by atoms with E-state index in [1.54, 1.807) is 24.5 Å². The Bertz CT molecular complexity index is 1410. The van der Waals surface area contributed by atoms with Crippen molar-refractivity contribution in [2.75, 3.05) is 18.4 Å². The zero-order valence-corrected chi connectivity index (χ0v) is 18.5. The van der Waals surface area contributed by atoms with Gasteiger partial charge in [-0.1, -0.05) is 25.0 Å². The molecule has 0 atom stereocenters. The first-order chi connectivity index (χ1) is 16.6. The molecule has 0 spiro atoms. The molecule has 1 aliphatic heterocycles. The predicted molar refractivity (Wildman–Crippen MR) is 128 cm³/mol. The second-order valence-electron chi connectivity index (χ2n) is 8.30. The van der Waals surface area contributed by atoms with E-state index in [-0.39, 0.29) is 11.6 Å². The first-order valence-corrected chi connectivity index (χ1v) is 11.3. The molecule has 9 heteroatoms. The molecule has 3 aromatic heterocycles. The first-order valence-electron chi connectivity index (χ1n) is 11.3. The molecule has 5 rings (SSSR count). The van der Waals surface area contributed by atoms with Crippen LogP contribution in [0.2, 0.25) is 0 Å². The number of likely N-dealkylation sites (tertiary alicyclic amines) is 1. The first kappa shape index (κ1) is 21.6. The van der Waals surface area contributed by atoms with Crippen molar-refractivity contribution in [2.45, 2.75) is 25.7 Å². The van der Waals surface area contributed by atoms with Gasteiger partial charge in [0.25, 0.3) is 5.91 Å². The lowest BCUT2D eigenvalue weighted by Gasteiger charge is -2.20. The molecule has 34 heavy (non-hydrogen) atoms. The van der Waals surface area contributed by atoms with Crippen LogP contribution in [-0.2, 0) is 0 Å². The van der Waals surface area contributed by atoms with E-state index in [1.807, 2.05) is 35.2 Å². The fourth-order valence-corrected chi connectivity index (χ4v) is 4.22. The fourth-order valence-electron chi connectivity index (χ4n) is 4.22. The number of carbonyl (C=O) groups is 1. The Morgan fingerprint density at radius 1 is 0.971 bits per heavy atom. The number of nitrogens with zero attached hydrogens (tertiary/aromatic N) is 5. The number of hydrogen-bond acceptors (Lipinski definition) is 7. The molecule has 0 unspecified atom stereocenters. The van der Waals surface area contributed by atoms with Crippen LogP contribution in [0.4, 0.5) is 11.5 Å². The van der Waals surface area contributed by atoms with Crippen LogP contribution in [0, 0.1) is 0 Å². The number of rotatable bonds is 4. The van der Waals surface area contributed by atoms with Crippen molar-refractivity contribution in [2.24, 2.45) is 0 Å². The Morgan fingerprint density at radius 2 is 1.79 bits per heavy atom. The largest absolute Gasteiger partial charge is 0.422 e. The Kier molecular flexibility index (Phi) is 5.90. The van der Waals surface area contributed by atoms with Crippen LogP contribution >= 0.6 is 0 Å². The van der Waals surface area contributed by atoms with Gasteiger partial charge in [-0.3, -0.25) is 9.78 Å². The summed E-state index contributed by atoms with van der Waals surface area (Å²) in [5, 5.41) is 13.6. The van der Waals surface area contributed by atoms with E-state index in [1.165, 1.54) is 6.20 Å². The third-order valence-electron chi connectivity index (χ3n) is 5.97. The SMILES string of the molecule is O=C(c1cncc(-c2cccc(Nc3nc(=O)n(O)c4ncccc34)c2)c1)N1CCCCCC1. The maximum atomic E-state index is 13.0. The summed E-state index contributed by atoms with van der Waals surface area (Å²) in [6, 6.07) is 12.8. The summed E-state index contributed by atoms with van der Waals surface area (Å²) in [6.07, 6.45) is 9.23. The standard InChI is InChI=1S/C25H24N6O3/c32-24(30-11-3-1-2-4-12-30)19-13-18(15-26-16-19)17-7-5-8-20(14-17)28-22-21-9-6-10-27-23(21)31(34)25(33)29-22/h5-10,13-16,34H,1-4,11-12H2,(H,28,29,33). The monoisotopic (exact) mass is 456 g/mol. The molecule has 1 saturated heterocycles. The molecule has 2 N–H and O–H groups in total. The molecular weight excluding hydrogens is 432 g/mol. The molecular formula is C25H24N6O3. The summed E-state index contributed by atoms with van der Waals surface area (Å²) in [5.74, 6) is 0.303. The zero-order chi connectivity index (χ0) is 23.5. The van der Waals surface area contributed by atoms with Gasteiger partial charge in [-0.2, -0.15) is 4.98 Å². The van der Waals surface area contributed by atoms with Crippen molar-refractivity contribution in [3.8, 4) is 11.1 Å². The van der Waals surface area contributed by atoms with Crippen LogP contribution in [0.3, 0.4) is 0 Å². The summed E-state index contributed by atoms with van der Waals surface area (Å²) < 4.78 is 0.426. The van der Waals surface area contributed by atoms with Gasteiger partial charge in [0.05, 0.1) is 10.9 Å². The van der Waals surface area contributed by atoms with Crippen molar-refractivity contribution in [3.63, 3.8) is 0 Å². The van der Waals surface area contributed by atoms with E-state index in [4.69, 9.17) is 0 Å². The quantitative estimate of drug-likeness (QED) is 0.449. The van der Waals surface area contributed by atoms with Crippen molar-refractivity contribution < 1.29 is 10.0 Å². The van der Waals surface area contributed by atoms with Crippen LogP contribution in [0.1, 0.15) is 36.0 Å². The average Bonchev–Trinajstić information content (AvgIpc) is 3.17. The minimum Gasteiger partial charge on any atom is -0.422 e. The molecule has 0 saturated carbocycles. The van der Waals surface area contributed by atoms with Gasteiger partial charge in [0.15, 0.2) is 5.65 Å². The molecule has 1 aliphatic rings. The number of amides is 1. The molecule has 172 valence electrons. The maximum absolute atomic E-state index is 13.0. The highest BCUT2D eigenvalue weighted by molar-refractivity contribution is 5.95. The number of anilines is 2. The van der Waals surface area contributed by atoms with E-state index in [0.717, 1.165) is 49.9 Å². The van der Waals surface area contributed by atoms with Gasteiger partial charge in [-0.05, 0) is 48.7 Å². The van der Waals surface area contributed by atoms with E-state index in [2.05, 4.69) is 20.3 Å². The van der Waals surface area contributed by atoms with Crippen LogP contribution in [0.15, 0.2) is 65.8 Å². The summed E-state index contributed by atoms with van der Waals surface area (Å²) >= 11 is 0.